The number of rotatable bonds is 6. The lowest BCUT2D eigenvalue weighted by Crippen LogP contribution is -2.04. The van der Waals surface area contributed by atoms with Crippen molar-refractivity contribution in [2.45, 2.75) is 13.3 Å². The number of aryl methyl sites for hydroxylation is 1. The molecule has 0 radical (unpaired) electrons. The molecule has 0 aliphatic heterocycles. The summed E-state index contributed by atoms with van der Waals surface area (Å²) in [6.45, 7) is 3.57. The number of nitrogens with one attached hydrogen (secondary N) is 1. The van der Waals surface area contributed by atoms with Crippen molar-refractivity contribution in [2.75, 3.05) is 18.5 Å². The van der Waals surface area contributed by atoms with Gasteiger partial charge in [0.2, 0.25) is 0 Å². The molecule has 1 aromatic heterocycles. The Balaban J connectivity index is 1.84. The summed E-state index contributed by atoms with van der Waals surface area (Å²) >= 11 is 0. The van der Waals surface area contributed by atoms with E-state index in [0.717, 1.165) is 24.4 Å². The molecule has 18 heavy (non-hydrogen) atoms. The van der Waals surface area contributed by atoms with E-state index in [-0.39, 0.29) is 0 Å². The van der Waals surface area contributed by atoms with E-state index in [2.05, 4.69) is 10.4 Å². The summed E-state index contributed by atoms with van der Waals surface area (Å²) < 4.78 is 7.29. The van der Waals surface area contributed by atoms with Crippen molar-refractivity contribution in [2.24, 2.45) is 7.05 Å². The number of nitrogens with zero attached hydrogens (tertiary/aromatic N) is 2. The van der Waals surface area contributed by atoms with Gasteiger partial charge in [-0.3, -0.25) is 4.68 Å². The van der Waals surface area contributed by atoms with Gasteiger partial charge in [-0.05, 0) is 31.0 Å². The second-order valence-corrected chi connectivity index (χ2v) is 4.16. The maximum absolute atomic E-state index is 5.46. The molecule has 0 bridgehead atoms. The minimum atomic E-state index is 0.694. The van der Waals surface area contributed by atoms with E-state index >= 15 is 0 Å². The molecular weight excluding hydrogens is 226 g/mol. The van der Waals surface area contributed by atoms with E-state index in [1.54, 1.807) is 0 Å². The first-order valence-electron chi connectivity index (χ1n) is 6.22. The van der Waals surface area contributed by atoms with E-state index in [1.807, 2.05) is 55.3 Å². The third-order valence-electron chi connectivity index (χ3n) is 2.65. The zero-order chi connectivity index (χ0) is 12.8. The third-order valence-corrected chi connectivity index (χ3v) is 2.65. The highest BCUT2D eigenvalue weighted by molar-refractivity contribution is 5.48. The SMILES string of the molecule is CCOc1cccc(NCCc2cnn(C)c2)c1. The molecule has 1 heterocycles. The fourth-order valence-electron chi connectivity index (χ4n) is 1.81. The Morgan fingerprint density at radius 1 is 1.39 bits per heavy atom. The third kappa shape index (κ3) is 3.52. The topological polar surface area (TPSA) is 39.1 Å². The number of aromatic nitrogens is 2. The van der Waals surface area contributed by atoms with Crippen LogP contribution in [0.25, 0.3) is 0 Å². The summed E-state index contributed by atoms with van der Waals surface area (Å²) in [7, 11) is 1.93. The number of benzene rings is 1. The molecule has 0 fully saturated rings. The van der Waals surface area contributed by atoms with E-state index in [1.165, 1.54) is 5.56 Å². The van der Waals surface area contributed by atoms with Gasteiger partial charge < -0.3 is 10.1 Å². The molecule has 1 aromatic carbocycles. The van der Waals surface area contributed by atoms with Crippen LogP contribution in [0.2, 0.25) is 0 Å². The minimum absolute atomic E-state index is 0.694. The van der Waals surface area contributed by atoms with Gasteiger partial charge in [-0.1, -0.05) is 6.07 Å². The molecule has 0 aliphatic carbocycles. The Kier molecular flexibility index (Phi) is 4.23. The first kappa shape index (κ1) is 12.5. The van der Waals surface area contributed by atoms with Crippen LogP contribution in [0.1, 0.15) is 12.5 Å². The number of ether oxygens (including phenoxy) is 1. The fourth-order valence-corrected chi connectivity index (χ4v) is 1.81. The van der Waals surface area contributed by atoms with Crippen LogP contribution in [-0.4, -0.2) is 22.9 Å². The van der Waals surface area contributed by atoms with Crippen LogP contribution in [0.5, 0.6) is 5.75 Å². The predicted molar refractivity (Wildman–Crippen MR) is 73.0 cm³/mol. The molecule has 0 unspecified atom stereocenters. The lowest BCUT2D eigenvalue weighted by Gasteiger charge is -2.08. The molecule has 4 heteroatoms. The smallest absolute Gasteiger partial charge is 0.121 e. The summed E-state index contributed by atoms with van der Waals surface area (Å²) in [6.07, 6.45) is 4.91. The molecular formula is C14H19N3O. The highest BCUT2D eigenvalue weighted by Gasteiger charge is 1.98. The first-order valence-corrected chi connectivity index (χ1v) is 6.22. The molecule has 1 N–H and O–H groups in total. The molecule has 0 atom stereocenters. The van der Waals surface area contributed by atoms with E-state index < -0.39 is 0 Å². The van der Waals surface area contributed by atoms with E-state index in [4.69, 9.17) is 4.74 Å². The van der Waals surface area contributed by atoms with Crippen molar-refractivity contribution < 1.29 is 4.74 Å². The van der Waals surface area contributed by atoms with Gasteiger partial charge in [-0.25, -0.2) is 0 Å². The number of hydrogen-bond acceptors (Lipinski definition) is 3. The summed E-state index contributed by atoms with van der Waals surface area (Å²) in [6, 6.07) is 8.03. The molecule has 0 aliphatic rings. The second kappa shape index (κ2) is 6.10. The molecule has 2 aromatic rings. The van der Waals surface area contributed by atoms with Crippen LogP contribution in [0.15, 0.2) is 36.7 Å². The van der Waals surface area contributed by atoms with Crippen LogP contribution in [0, 0.1) is 0 Å². The summed E-state index contributed by atoms with van der Waals surface area (Å²) in [5, 5.41) is 7.53. The molecule has 2 rings (SSSR count). The maximum Gasteiger partial charge on any atom is 0.121 e. The van der Waals surface area contributed by atoms with Crippen LogP contribution in [0.4, 0.5) is 5.69 Å². The Labute approximate surface area is 108 Å². The Morgan fingerprint density at radius 2 is 2.28 bits per heavy atom. The zero-order valence-electron chi connectivity index (χ0n) is 10.9. The largest absolute Gasteiger partial charge is 0.494 e. The van der Waals surface area contributed by atoms with Gasteiger partial charge in [0.25, 0.3) is 0 Å². The second-order valence-electron chi connectivity index (χ2n) is 4.16. The Hall–Kier alpha value is -1.97. The summed E-state index contributed by atoms with van der Waals surface area (Å²) in [5.74, 6) is 0.906. The highest BCUT2D eigenvalue weighted by atomic mass is 16.5. The van der Waals surface area contributed by atoms with Gasteiger partial charge in [0.15, 0.2) is 0 Å². The van der Waals surface area contributed by atoms with E-state index in [9.17, 15) is 0 Å². The first-order chi connectivity index (χ1) is 8.78. The van der Waals surface area contributed by atoms with Gasteiger partial charge in [-0.15, -0.1) is 0 Å². The standard InChI is InChI=1S/C14H19N3O/c1-3-18-14-6-4-5-13(9-14)15-8-7-12-10-16-17(2)11-12/h4-6,9-11,15H,3,7-8H2,1-2H3. The van der Waals surface area contributed by atoms with Gasteiger partial charge in [0.05, 0.1) is 12.8 Å². The molecule has 96 valence electrons. The predicted octanol–water partition coefficient (Wildman–Crippen LogP) is 2.47. The molecule has 0 amide bonds. The monoisotopic (exact) mass is 245 g/mol. The lowest BCUT2D eigenvalue weighted by molar-refractivity contribution is 0.340. The van der Waals surface area contributed by atoms with Crippen molar-refractivity contribution in [1.82, 2.24) is 9.78 Å². The van der Waals surface area contributed by atoms with Gasteiger partial charge >= 0.3 is 0 Å². The van der Waals surface area contributed by atoms with Crippen molar-refractivity contribution in [3.63, 3.8) is 0 Å². The Bertz CT molecular complexity index is 493. The number of hydrogen-bond donors (Lipinski definition) is 1. The Morgan fingerprint density at radius 3 is 3.00 bits per heavy atom. The fraction of sp³-hybridized carbons (Fsp3) is 0.357. The van der Waals surface area contributed by atoms with Crippen molar-refractivity contribution >= 4 is 5.69 Å². The van der Waals surface area contributed by atoms with Gasteiger partial charge in [-0.2, -0.15) is 5.10 Å². The molecule has 0 saturated carbocycles. The minimum Gasteiger partial charge on any atom is -0.494 e. The van der Waals surface area contributed by atoms with Crippen molar-refractivity contribution in [3.05, 3.63) is 42.2 Å². The zero-order valence-corrected chi connectivity index (χ0v) is 10.9. The summed E-state index contributed by atoms with van der Waals surface area (Å²) in [4.78, 5) is 0. The number of anilines is 1. The highest BCUT2D eigenvalue weighted by Crippen LogP contribution is 2.17. The average Bonchev–Trinajstić information content (AvgIpc) is 2.76. The molecule has 0 spiro atoms. The average molecular weight is 245 g/mol. The lowest BCUT2D eigenvalue weighted by atomic mass is 10.2. The molecule has 4 nitrogen and oxygen atoms in total. The summed E-state index contributed by atoms with van der Waals surface area (Å²) in [5.41, 5.74) is 2.33. The van der Waals surface area contributed by atoms with Crippen LogP contribution in [-0.2, 0) is 13.5 Å². The maximum atomic E-state index is 5.46. The van der Waals surface area contributed by atoms with Crippen LogP contribution < -0.4 is 10.1 Å². The van der Waals surface area contributed by atoms with E-state index in [0.29, 0.717) is 6.61 Å². The van der Waals surface area contributed by atoms with Crippen LogP contribution >= 0.6 is 0 Å². The molecule has 0 saturated heterocycles. The van der Waals surface area contributed by atoms with Crippen molar-refractivity contribution in [1.29, 1.82) is 0 Å². The quantitative estimate of drug-likeness (QED) is 0.849. The van der Waals surface area contributed by atoms with Gasteiger partial charge in [0, 0.05) is 31.5 Å². The normalized spacial score (nSPS) is 10.3. The van der Waals surface area contributed by atoms with Crippen molar-refractivity contribution in [3.8, 4) is 5.75 Å². The van der Waals surface area contributed by atoms with Gasteiger partial charge in [0.1, 0.15) is 5.75 Å². The van der Waals surface area contributed by atoms with Crippen LogP contribution in [0.3, 0.4) is 0 Å².